The van der Waals surface area contributed by atoms with Crippen LogP contribution in [0.2, 0.25) is 0 Å². The number of carbonyl (C=O) groups is 2. The Hall–Kier alpha value is -1.26. The first-order valence-electron chi connectivity index (χ1n) is 9.29. The first-order chi connectivity index (χ1) is 11.0. The minimum Gasteiger partial charge on any atom is -0.444 e. The van der Waals surface area contributed by atoms with Crippen LogP contribution in [0.25, 0.3) is 0 Å². The number of hydrogen-bond donors (Lipinski definition) is 2. The van der Waals surface area contributed by atoms with Crippen LogP contribution >= 0.6 is 0 Å². The molecule has 2 amide bonds. The Morgan fingerprint density at radius 2 is 1.62 bits per heavy atom. The van der Waals surface area contributed by atoms with E-state index in [1.165, 1.54) is 19.3 Å². The average Bonchev–Trinajstić information content (AvgIpc) is 2.46. The van der Waals surface area contributed by atoms with E-state index in [1.807, 2.05) is 20.8 Å². The molecule has 0 aliphatic heterocycles. The van der Waals surface area contributed by atoms with Crippen LogP contribution in [-0.4, -0.2) is 30.2 Å². The van der Waals surface area contributed by atoms with Crippen molar-refractivity contribution >= 4 is 12.0 Å². The fraction of sp³-hybridized carbons (Fsp3) is 0.895. The van der Waals surface area contributed by atoms with Crippen molar-refractivity contribution in [1.82, 2.24) is 10.6 Å². The van der Waals surface area contributed by atoms with E-state index >= 15 is 0 Å². The van der Waals surface area contributed by atoms with Crippen LogP contribution < -0.4 is 10.6 Å². The van der Waals surface area contributed by atoms with Gasteiger partial charge in [0, 0.05) is 19.0 Å². The van der Waals surface area contributed by atoms with Gasteiger partial charge in [0.05, 0.1) is 0 Å². The number of rotatable bonds is 6. The van der Waals surface area contributed by atoms with Crippen molar-refractivity contribution < 1.29 is 14.3 Å². The molecule has 0 atom stereocenters. The molecule has 0 radical (unpaired) electrons. The topological polar surface area (TPSA) is 67.4 Å². The third-order valence-corrected chi connectivity index (χ3v) is 5.13. The molecule has 0 bridgehead atoms. The molecule has 0 aromatic rings. The van der Waals surface area contributed by atoms with E-state index in [4.69, 9.17) is 4.74 Å². The van der Waals surface area contributed by atoms with Gasteiger partial charge in [-0.2, -0.15) is 0 Å². The van der Waals surface area contributed by atoms with Crippen LogP contribution in [0, 0.1) is 11.3 Å². The predicted molar refractivity (Wildman–Crippen MR) is 96.8 cm³/mol. The summed E-state index contributed by atoms with van der Waals surface area (Å²) in [5.74, 6) is 0.758. The molecule has 0 aromatic carbocycles. The van der Waals surface area contributed by atoms with Gasteiger partial charge in [-0.05, 0) is 57.8 Å². The number of carbonyl (C=O) groups excluding carboxylic acids is 2. The van der Waals surface area contributed by atoms with Crippen molar-refractivity contribution in [2.75, 3.05) is 6.54 Å². The molecule has 1 fully saturated rings. The molecule has 1 aliphatic rings. The zero-order chi connectivity index (χ0) is 18.4. The first kappa shape index (κ1) is 20.8. The molecule has 5 heteroatoms. The Labute approximate surface area is 147 Å². The Bertz CT molecular complexity index is 419. The van der Waals surface area contributed by atoms with Crippen molar-refractivity contribution in [2.45, 2.75) is 91.7 Å². The smallest absolute Gasteiger partial charge is 0.407 e. The Morgan fingerprint density at radius 3 is 2.12 bits per heavy atom. The highest BCUT2D eigenvalue weighted by atomic mass is 16.6. The molecule has 0 aromatic heterocycles. The summed E-state index contributed by atoms with van der Waals surface area (Å²) in [5.41, 5.74) is -0.121. The second-order valence-electron chi connectivity index (χ2n) is 8.64. The Morgan fingerprint density at radius 1 is 1.04 bits per heavy atom. The van der Waals surface area contributed by atoms with Crippen molar-refractivity contribution in [1.29, 1.82) is 0 Å². The maximum absolute atomic E-state index is 12.0. The normalized spacial score (nSPS) is 21.9. The van der Waals surface area contributed by atoms with Gasteiger partial charge in [-0.15, -0.1) is 0 Å². The van der Waals surface area contributed by atoms with Gasteiger partial charge in [-0.3, -0.25) is 4.79 Å². The van der Waals surface area contributed by atoms with Gasteiger partial charge in [-0.1, -0.05) is 27.2 Å². The lowest BCUT2D eigenvalue weighted by molar-refractivity contribution is -0.122. The van der Waals surface area contributed by atoms with Crippen molar-refractivity contribution in [3.63, 3.8) is 0 Å². The van der Waals surface area contributed by atoms with E-state index in [0.717, 1.165) is 18.8 Å². The monoisotopic (exact) mass is 340 g/mol. The third-order valence-electron chi connectivity index (χ3n) is 5.13. The summed E-state index contributed by atoms with van der Waals surface area (Å²) < 4.78 is 5.14. The zero-order valence-electron chi connectivity index (χ0n) is 16.3. The quantitative estimate of drug-likeness (QED) is 0.767. The summed E-state index contributed by atoms with van der Waals surface area (Å²) in [6, 6.07) is 0.280. The first-order valence-corrected chi connectivity index (χ1v) is 9.29. The second kappa shape index (κ2) is 8.72. The van der Waals surface area contributed by atoms with Gasteiger partial charge < -0.3 is 15.4 Å². The van der Waals surface area contributed by atoms with Crippen LogP contribution in [0.5, 0.6) is 0 Å². The van der Waals surface area contributed by atoms with Gasteiger partial charge in [0.25, 0.3) is 0 Å². The summed E-state index contributed by atoms with van der Waals surface area (Å²) in [6.07, 6.45) is 5.49. The van der Waals surface area contributed by atoms with Crippen molar-refractivity contribution in [3.8, 4) is 0 Å². The van der Waals surface area contributed by atoms with Gasteiger partial charge in [0.15, 0.2) is 0 Å². The molecule has 140 valence electrons. The molecular weight excluding hydrogens is 304 g/mol. The van der Waals surface area contributed by atoms with Crippen LogP contribution in [-0.2, 0) is 9.53 Å². The van der Waals surface area contributed by atoms with E-state index in [1.54, 1.807) is 0 Å². The lowest BCUT2D eigenvalue weighted by Crippen LogP contribution is -2.41. The summed E-state index contributed by atoms with van der Waals surface area (Å²) in [6.45, 7) is 12.7. The fourth-order valence-electron chi connectivity index (χ4n) is 3.20. The maximum Gasteiger partial charge on any atom is 0.407 e. The van der Waals surface area contributed by atoms with Crippen LogP contribution in [0.4, 0.5) is 4.79 Å². The summed E-state index contributed by atoms with van der Waals surface area (Å²) in [7, 11) is 0. The molecule has 24 heavy (non-hydrogen) atoms. The molecular formula is C19H36N2O3. The molecule has 0 spiro atoms. The van der Waals surface area contributed by atoms with Gasteiger partial charge in [0.2, 0.25) is 5.91 Å². The number of hydrogen-bond acceptors (Lipinski definition) is 3. The second-order valence-corrected chi connectivity index (χ2v) is 8.64. The zero-order valence-corrected chi connectivity index (χ0v) is 16.3. The summed E-state index contributed by atoms with van der Waals surface area (Å²) >= 11 is 0. The molecule has 2 N–H and O–H groups in total. The predicted octanol–water partition coefficient (Wildman–Crippen LogP) is 4.01. The number of amides is 2. The minimum atomic E-state index is -0.517. The van der Waals surface area contributed by atoms with Gasteiger partial charge >= 0.3 is 6.09 Å². The van der Waals surface area contributed by atoms with Crippen LogP contribution in [0.1, 0.15) is 80.1 Å². The maximum atomic E-state index is 12.0. The Balaban J connectivity index is 2.22. The van der Waals surface area contributed by atoms with Gasteiger partial charge in [0.1, 0.15) is 5.60 Å². The van der Waals surface area contributed by atoms with E-state index in [9.17, 15) is 9.59 Å². The highest BCUT2D eigenvalue weighted by molar-refractivity contribution is 5.77. The highest BCUT2D eigenvalue weighted by Crippen LogP contribution is 2.40. The van der Waals surface area contributed by atoms with Crippen LogP contribution in [0.3, 0.4) is 0 Å². The molecule has 0 unspecified atom stereocenters. The highest BCUT2D eigenvalue weighted by Gasteiger charge is 2.32. The van der Waals surface area contributed by atoms with Gasteiger partial charge in [-0.25, -0.2) is 4.79 Å². The number of ether oxygens (including phenoxy) is 1. The largest absolute Gasteiger partial charge is 0.444 e. The molecule has 0 heterocycles. The third kappa shape index (κ3) is 7.54. The van der Waals surface area contributed by atoms with E-state index in [0.29, 0.717) is 18.4 Å². The SMILES string of the molecule is CCC(C)(C)C1CCC(NC(=O)CCNC(=O)OC(C)(C)C)CC1. The van der Waals surface area contributed by atoms with Crippen molar-refractivity contribution in [3.05, 3.63) is 0 Å². The summed E-state index contributed by atoms with van der Waals surface area (Å²) in [5, 5.41) is 5.72. The van der Waals surface area contributed by atoms with E-state index in [2.05, 4.69) is 31.4 Å². The summed E-state index contributed by atoms with van der Waals surface area (Å²) in [4.78, 5) is 23.5. The van der Waals surface area contributed by atoms with Crippen molar-refractivity contribution in [2.24, 2.45) is 11.3 Å². The standard InChI is InChI=1S/C19H36N2O3/c1-7-19(5,6)14-8-10-15(11-9-14)21-16(22)12-13-20-17(23)24-18(2,3)4/h14-15H,7-13H2,1-6H3,(H,20,23)(H,21,22). The lowest BCUT2D eigenvalue weighted by Gasteiger charge is -2.39. The van der Waals surface area contributed by atoms with E-state index < -0.39 is 11.7 Å². The average molecular weight is 341 g/mol. The molecule has 0 saturated heterocycles. The van der Waals surface area contributed by atoms with E-state index in [-0.39, 0.29) is 11.9 Å². The minimum absolute atomic E-state index is 0.00394. The molecule has 5 nitrogen and oxygen atoms in total. The number of alkyl carbamates (subject to hydrolysis) is 1. The lowest BCUT2D eigenvalue weighted by atomic mass is 9.69. The van der Waals surface area contributed by atoms with Crippen LogP contribution in [0.15, 0.2) is 0 Å². The fourth-order valence-corrected chi connectivity index (χ4v) is 3.20. The number of nitrogens with one attached hydrogen (secondary N) is 2. The molecule has 1 rings (SSSR count). The molecule has 1 saturated carbocycles. The Kier molecular flexibility index (Phi) is 7.56. The molecule has 1 aliphatic carbocycles.